The molecular weight excluding hydrogens is 239 g/mol. The molecule has 0 saturated carbocycles. The van der Waals surface area contributed by atoms with Crippen LogP contribution in [0.4, 0.5) is 4.39 Å². The zero-order valence-corrected chi connectivity index (χ0v) is 9.47. The lowest BCUT2D eigenvalue weighted by Gasteiger charge is -2.29. The number of nitrogens with zero attached hydrogens (tertiary/aromatic N) is 2. The zero-order valence-electron chi connectivity index (χ0n) is 9.47. The van der Waals surface area contributed by atoms with Crippen molar-refractivity contribution in [3.63, 3.8) is 0 Å². The van der Waals surface area contributed by atoms with Crippen molar-refractivity contribution in [1.82, 2.24) is 4.90 Å². The zero-order chi connectivity index (χ0) is 13.1. The second kappa shape index (κ2) is 5.02. The van der Waals surface area contributed by atoms with Gasteiger partial charge in [0, 0.05) is 12.6 Å². The first-order chi connectivity index (χ1) is 8.61. The van der Waals surface area contributed by atoms with Gasteiger partial charge in [-0.25, -0.2) is 4.39 Å². The second-order valence-electron chi connectivity index (χ2n) is 3.90. The highest BCUT2D eigenvalue weighted by atomic mass is 19.1. The first-order valence-electron chi connectivity index (χ1n) is 5.41. The lowest BCUT2D eigenvalue weighted by atomic mass is 10.1. The fourth-order valence-electron chi connectivity index (χ4n) is 1.77. The summed E-state index contributed by atoms with van der Waals surface area (Å²) in [6.45, 7) is 0.756. The SMILES string of the molecule is N#CC1CN(C(=O)c2ccc(F)cc2O)CCO1. The van der Waals surface area contributed by atoms with E-state index in [9.17, 15) is 14.3 Å². The highest BCUT2D eigenvalue weighted by Crippen LogP contribution is 2.21. The van der Waals surface area contributed by atoms with Crippen molar-refractivity contribution < 1.29 is 19.0 Å². The summed E-state index contributed by atoms with van der Waals surface area (Å²) < 4.78 is 17.9. The van der Waals surface area contributed by atoms with Gasteiger partial charge in [0.15, 0.2) is 6.10 Å². The predicted molar refractivity (Wildman–Crippen MR) is 59.3 cm³/mol. The molecule has 94 valence electrons. The number of amides is 1. The van der Waals surface area contributed by atoms with Gasteiger partial charge >= 0.3 is 0 Å². The van der Waals surface area contributed by atoms with Crippen molar-refractivity contribution in [2.45, 2.75) is 6.10 Å². The van der Waals surface area contributed by atoms with E-state index < -0.39 is 23.6 Å². The molecule has 1 amide bonds. The van der Waals surface area contributed by atoms with Gasteiger partial charge in [-0.2, -0.15) is 5.26 Å². The van der Waals surface area contributed by atoms with Crippen LogP contribution in [0.3, 0.4) is 0 Å². The summed E-state index contributed by atoms with van der Waals surface area (Å²) in [6, 6.07) is 5.14. The molecule has 0 spiro atoms. The predicted octanol–water partition coefficient (Wildman–Crippen LogP) is 0.896. The maximum Gasteiger partial charge on any atom is 0.257 e. The summed E-state index contributed by atoms with van der Waals surface area (Å²) in [7, 11) is 0. The number of halogens is 1. The summed E-state index contributed by atoms with van der Waals surface area (Å²) in [5.74, 6) is -1.45. The summed E-state index contributed by atoms with van der Waals surface area (Å²) in [5.41, 5.74) is 0.0231. The fourth-order valence-corrected chi connectivity index (χ4v) is 1.77. The van der Waals surface area contributed by atoms with Crippen molar-refractivity contribution in [3.05, 3.63) is 29.6 Å². The molecule has 0 aliphatic carbocycles. The van der Waals surface area contributed by atoms with Gasteiger partial charge < -0.3 is 14.7 Å². The molecule has 2 rings (SSSR count). The number of nitriles is 1. The van der Waals surface area contributed by atoms with Crippen LogP contribution in [-0.4, -0.2) is 41.7 Å². The van der Waals surface area contributed by atoms with Gasteiger partial charge in [0.2, 0.25) is 0 Å². The Bertz CT molecular complexity index is 513. The van der Waals surface area contributed by atoms with Gasteiger partial charge in [-0.3, -0.25) is 4.79 Å². The minimum atomic E-state index is -0.662. The third-order valence-corrected chi connectivity index (χ3v) is 2.69. The molecule has 0 bridgehead atoms. The Morgan fingerprint density at radius 3 is 3.06 bits per heavy atom. The molecule has 0 aromatic heterocycles. The van der Waals surface area contributed by atoms with Crippen LogP contribution in [0.25, 0.3) is 0 Å². The molecular formula is C12H11FN2O3. The van der Waals surface area contributed by atoms with E-state index in [4.69, 9.17) is 10.00 Å². The number of phenolic OH excluding ortho intramolecular Hbond substituents is 1. The Morgan fingerprint density at radius 1 is 1.61 bits per heavy atom. The van der Waals surface area contributed by atoms with Crippen molar-refractivity contribution in [3.8, 4) is 11.8 Å². The van der Waals surface area contributed by atoms with Crippen LogP contribution in [0.2, 0.25) is 0 Å². The Morgan fingerprint density at radius 2 is 2.39 bits per heavy atom. The Balaban J connectivity index is 2.18. The van der Waals surface area contributed by atoms with Gasteiger partial charge in [-0.1, -0.05) is 0 Å². The number of rotatable bonds is 1. The van der Waals surface area contributed by atoms with Crippen molar-refractivity contribution >= 4 is 5.91 Å². The van der Waals surface area contributed by atoms with Crippen LogP contribution in [0.15, 0.2) is 18.2 Å². The Kier molecular flexibility index (Phi) is 3.44. The van der Waals surface area contributed by atoms with Crippen LogP contribution in [0.5, 0.6) is 5.75 Å². The number of carbonyl (C=O) groups is 1. The Labute approximate surface area is 103 Å². The van der Waals surface area contributed by atoms with E-state index in [1.165, 1.54) is 11.0 Å². The van der Waals surface area contributed by atoms with E-state index in [2.05, 4.69) is 0 Å². The maximum absolute atomic E-state index is 12.8. The molecule has 1 heterocycles. The number of carbonyl (C=O) groups excluding carboxylic acids is 1. The minimum absolute atomic E-state index is 0.0231. The summed E-state index contributed by atoms with van der Waals surface area (Å²) in [4.78, 5) is 13.5. The molecule has 6 heteroatoms. The highest BCUT2D eigenvalue weighted by molar-refractivity contribution is 5.96. The summed E-state index contributed by atoms with van der Waals surface area (Å²) in [5, 5.41) is 18.3. The third-order valence-electron chi connectivity index (χ3n) is 2.69. The third kappa shape index (κ3) is 2.41. The lowest BCUT2D eigenvalue weighted by molar-refractivity contribution is 0.00334. The monoisotopic (exact) mass is 250 g/mol. The van der Waals surface area contributed by atoms with E-state index in [-0.39, 0.29) is 18.7 Å². The van der Waals surface area contributed by atoms with Crippen LogP contribution >= 0.6 is 0 Å². The largest absolute Gasteiger partial charge is 0.507 e. The number of aromatic hydroxyl groups is 1. The van der Waals surface area contributed by atoms with E-state index in [0.29, 0.717) is 6.54 Å². The number of ether oxygens (including phenoxy) is 1. The molecule has 1 saturated heterocycles. The van der Waals surface area contributed by atoms with Gasteiger partial charge in [0.25, 0.3) is 5.91 Å². The van der Waals surface area contributed by atoms with Crippen LogP contribution < -0.4 is 0 Å². The number of phenols is 1. The maximum atomic E-state index is 12.8. The summed E-state index contributed by atoms with van der Waals surface area (Å²) in [6.07, 6.45) is -0.662. The van der Waals surface area contributed by atoms with Gasteiger partial charge in [0.1, 0.15) is 11.6 Å². The molecule has 1 aliphatic rings. The lowest BCUT2D eigenvalue weighted by Crippen LogP contribution is -2.45. The van der Waals surface area contributed by atoms with Crippen LogP contribution in [0, 0.1) is 17.1 Å². The molecule has 1 fully saturated rings. The van der Waals surface area contributed by atoms with Crippen molar-refractivity contribution in [1.29, 1.82) is 5.26 Å². The molecule has 1 unspecified atom stereocenters. The average molecular weight is 250 g/mol. The number of hydrogen-bond donors (Lipinski definition) is 1. The Hall–Kier alpha value is -2.13. The van der Waals surface area contributed by atoms with Crippen LogP contribution in [-0.2, 0) is 4.74 Å². The van der Waals surface area contributed by atoms with E-state index in [0.717, 1.165) is 12.1 Å². The summed E-state index contributed by atoms with van der Waals surface area (Å²) >= 11 is 0. The first kappa shape index (κ1) is 12.3. The van der Waals surface area contributed by atoms with Gasteiger partial charge in [-0.15, -0.1) is 0 Å². The number of hydrogen-bond acceptors (Lipinski definition) is 4. The second-order valence-corrected chi connectivity index (χ2v) is 3.90. The van der Waals surface area contributed by atoms with Gasteiger partial charge in [0.05, 0.1) is 24.8 Å². The number of morpholine rings is 1. The average Bonchev–Trinajstić information content (AvgIpc) is 2.38. The van der Waals surface area contributed by atoms with E-state index in [1.807, 2.05) is 6.07 Å². The molecule has 0 radical (unpaired) electrons. The standard InChI is InChI=1S/C12H11FN2O3/c13-8-1-2-10(11(16)5-8)12(17)15-3-4-18-9(6-14)7-15/h1-2,5,9,16H,3-4,7H2. The molecule has 1 N–H and O–H groups in total. The first-order valence-corrected chi connectivity index (χ1v) is 5.41. The normalized spacial score (nSPS) is 19.3. The molecule has 18 heavy (non-hydrogen) atoms. The van der Waals surface area contributed by atoms with Crippen molar-refractivity contribution in [2.24, 2.45) is 0 Å². The fraction of sp³-hybridized carbons (Fsp3) is 0.333. The topological polar surface area (TPSA) is 73.6 Å². The quantitative estimate of drug-likeness (QED) is 0.803. The van der Waals surface area contributed by atoms with Crippen LogP contribution in [0.1, 0.15) is 10.4 Å². The smallest absolute Gasteiger partial charge is 0.257 e. The molecule has 5 nitrogen and oxygen atoms in total. The highest BCUT2D eigenvalue weighted by Gasteiger charge is 2.26. The molecule has 1 aliphatic heterocycles. The molecule has 1 aromatic rings. The minimum Gasteiger partial charge on any atom is -0.507 e. The molecule has 1 aromatic carbocycles. The van der Waals surface area contributed by atoms with Gasteiger partial charge in [-0.05, 0) is 12.1 Å². The number of benzene rings is 1. The van der Waals surface area contributed by atoms with Crippen molar-refractivity contribution in [2.75, 3.05) is 19.7 Å². The molecule has 1 atom stereocenters. The van der Waals surface area contributed by atoms with E-state index in [1.54, 1.807) is 0 Å². The van der Waals surface area contributed by atoms with E-state index >= 15 is 0 Å².